The lowest BCUT2D eigenvalue weighted by Crippen LogP contribution is -2.05. The SMILES string of the molecule is O=C(O)c1ccc(O)cc1-n1ccnn1. The first kappa shape index (κ1) is 9.20. The van der Waals surface area contributed by atoms with Gasteiger partial charge in [0.15, 0.2) is 0 Å². The van der Waals surface area contributed by atoms with Gasteiger partial charge in [-0.05, 0) is 12.1 Å². The highest BCUT2D eigenvalue weighted by molar-refractivity contribution is 5.92. The van der Waals surface area contributed by atoms with Crippen LogP contribution in [0, 0.1) is 0 Å². The molecule has 0 saturated carbocycles. The lowest BCUT2D eigenvalue weighted by atomic mass is 10.1. The Balaban J connectivity index is 2.63. The Bertz CT molecular complexity index is 493. The summed E-state index contributed by atoms with van der Waals surface area (Å²) >= 11 is 0. The molecule has 0 atom stereocenters. The van der Waals surface area contributed by atoms with Crippen molar-refractivity contribution in [2.45, 2.75) is 0 Å². The molecule has 0 aliphatic rings. The van der Waals surface area contributed by atoms with Gasteiger partial charge in [0.2, 0.25) is 0 Å². The zero-order chi connectivity index (χ0) is 10.8. The number of rotatable bonds is 2. The molecule has 1 aromatic carbocycles. The highest BCUT2D eigenvalue weighted by Gasteiger charge is 2.12. The van der Waals surface area contributed by atoms with Gasteiger partial charge in [0.25, 0.3) is 0 Å². The third kappa shape index (κ3) is 1.64. The van der Waals surface area contributed by atoms with Crippen LogP contribution in [0.1, 0.15) is 10.4 Å². The predicted octanol–water partition coefficient (Wildman–Crippen LogP) is 0.671. The number of hydrogen-bond acceptors (Lipinski definition) is 4. The van der Waals surface area contributed by atoms with Crippen molar-refractivity contribution in [1.82, 2.24) is 15.0 Å². The molecule has 0 amide bonds. The van der Waals surface area contributed by atoms with Crippen LogP contribution in [0.2, 0.25) is 0 Å². The summed E-state index contributed by atoms with van der Waals surface area (Å²) in [6, 6.07) is 3.94. The number of aromatic hydroxyl groups is 1. The minimum absolute atomic E-state index is 0.0227. The van der Waals surface area contributed by atoms with Crippen LogP contribution in [0.25, 0.3) is 5.69 Å². The molecule has 0 aliphatic heterocycles. The minimum atomic E-state index is -1.08. The fourth-order valence-corrected chi connectivity index (χ4v) is 1.23. The second-order valence-electron chi connectivity index (χ2n) is 2.85. The first-order chi connectivity index (χ1) is 7.18. The van der Waals surface area contributed by atoms with Gasteiger partial charge in [-0.15, -0.1) is 5.10 Å². The molecule has 0 unspecified atom stereocenters. The van der Waals surface area contributed by atoms with Crippen LogP contribution in [0.3, 0.4) is 0 Å². The number of phenolic OH excluding ortho intramolecular Hbond substituents is 1. The van der Waals surface area contributed by atoms with E-state index in [0.29, 0.717) is 0 Å². The van der Waals surface area contributed by atoms with Crippen molar-refractivity contribution >= 4 is 5.97 Å². The van der Waals surface area contributed by atoms with Gasteiger partial charge in [0, 0.05) is 6.07 Å². The molecule has 0 bridgehead atoms. The van der Waals surface area contributed by atoms with E-state index >= 15 is 0 Å². The first-order valence-electron chi connectivity index (χ1n) is 4.11. The number of aromatic nitrogens is 3. The van der Waals surface area contributed by atoms with Gasteiger partial charge in [0.05, 0.1) is 23.6 Å². The van der Waals surface area contributed by atoms with Crippen molar-refractivity contribution in [3.8, 4) is 11.4 Å². The highest BCUT2D eigenvalue weighted by atomic mass is 16.4. The van der Waals surface area contributed by atoms with E-state index in [1.165, 1.54) is 35.3 Å². The molecule has 6 nitrogen and oxygen atoms in total. The molecule has 0 saturated heterocycles. The van der Waals surface area contributed by atoms with Crippen molar-refractivity contribution in [3.63, 3.8) is 0 Å². The van der Waals surface area contributed by atoms with E-state index < -0.39 is 5.97 Å². The van der Waals surface area contributed by atoms with Gasteiger partial charge in [-0.1, -0.05) is 5.21 Å². The second kappa shape index (κ2) is 3.41. The molecule has 2 rings (SSSR count). The molecule has 6 heteroatoms. The number of aromatic carboxylic acids is 1. The van der Waals surface area contributed by atoms with Crippen molar-refractivity contribution in [3.05, 3.63) is 36.2 Å². The number of carboxylic acids is 1. The number of nitrogens with zero attached hydrogens (tertiary/aromatic N) is 3. The standard InChI is InChI=1S/C9H7N3O3/c13-6-1-2-7(9(14)15)8(5-6)12-4-3-10-11-12/h1-5,13H,(H,14,15). The maximum atomic E-state index is 10.9. The molecule has 0 fully saturated rings. The Kier molecular flexibility index (Phi) is 2.09. The Morgan fingerprint density at radius 1 is 1.40 bits per heavy atom. The van der Waals surface area contributed by atoms with Crippen molar-refractivity contribution in [2.24, 2.45) is 0 Å². The normalized spacial score (nSPS) is 10.1. The molecule has 2 N–H and O–H groups in total. The van der Waals surface area contributed by atoms with E-state index in [2.05, 4.69) is 10.3 Å². The molecule has 0 aliphatic carbocycles. The molecule has 2 aromatic rings. The fraction of sp³-hybridized carbons (Fsp3) is 0. The van der Waals surface area contributed by atoms with Gasteiger partial charge in [-0.3, -0.25) is 0 Å². The average Bonchev–Trinajstić information content (AvgIpc) is 2.69. The molecular weight excluding hydrogens is 198 g/mol. The lowest BCUT2D eigenvalue weighted by Gasteiger charge is -2.05. The summed E-state index contributed by atoms with van der Waals surface area (Å²) in [5.74, 6) is -1.11. The first-order valence-corrected chi connectivity index (χ1v) is 4.11. The van der Waals surface area contributed by atoms with E-state index in [4.69, 9.17) is 5.11 Å². The molecule has 1 aromatic heterocycles. The topological polar surface area (TPSA) is 88.2 Å². The molecule has 76 valence electrons. The van der Waals surface area contributed by atoms with Gasteiger partial charge in [-0.25, -0.2) is 9.48 Å². The Labute approximate surface area is 84.4 Å². The summed E-state index contributed by atoms with van der Waals surface area (Å²) in [5, 5.41) is 25.4. The van der Waals surface area contributed by atoms with Crippen LogP contribution in [-0.4, -0.2) is 31.2 Å². The van der Waals surface area contributed by atoms with Crippen LogP contribution in [0.5, 0.6) is 5.75 Å². The van der Waals surface area contributed by atoms with E-state index in [1.807, 2.05) is 0 Å². The van der Waals surface area contributed by atoms with Crippen molar-refractivity contribution in [1.29, 1.82) is 0 Å². The Morgan fingerprint density at radius 2 is 2.20 bits per heavy atom. The van der Waals surface area contributed by atoms with Gasteiger partial charge >= 0.3 is 5.97 Å². The van der Waals surface area contributed by atoms with E-state index in [-0.39, 0.29) is 17.0 Å². The van der Waals surface area contributed by atoms with Crippen molar-refractivity contribution < 1.29 is 15.0 Å². The van der Waals surface area contributed by atoms with Gasteiger partial charge in [0.1, 0.15) is 5.75 Å². The Hall–Kier alpha value is -2.37. The van der Waals surface area contributed by atoms with Crippen LogP contribution >= 0.6 is 0 Å². The van der Waals surface area contributed by atoms with E-state index in [0.717, 1.165) is 0 Å². The summed E-state index contributed by atoms with van der Waals surface area (Å²) < 4.78 is 1.28. The highest BCUT2D eigenvalue weighted by Crippen LogP contribution is 2.19. The summed E-state index contributed by atoms with van der Waals surface area (Å²) in [6.07, 6.45) is 2.93. The van der Waals surface area contributed by atoms with Crippen LogP contribution in [-0.2, 0) is 0 Å². The summed E-state index contributed by atoms with van der Waals surface area (Å²) in [5.41, 5.74) is 0.332. The summed E-state index contributed by atoms with van der Waals surface area (Å²) in [7, 11) is 0. The molecule has 0 spiro atoms. The third-order valence-corrected chi connectivity index (χ3v) is 1.88. The predicted molar refractivity (Wildman–Crippen MR) is 50.0 cm³/mol. The fourth-order valence-electron chi connectivity index (χ4n) is 1.23. The summed E-state index contributed by atoms with van der Waals surface area (Å²) in [6.45, 7) is 0. The smallest absolute Gasteiger partial charge is 0.337 e. The third-order valence-electron chi connectivity index (χ3n) is 1.88. The van der Waals surface area contributed by atoms with Crippen LogP contribution in [0.4, 0.5) is 0 Å². The monoisotopic (exact) mass is 205 g/mol. The van der Waals surface area contributed by atoms with E-state index in [1.54, 1.807) is 0 Å². The molecule has 15 heavy (non-hydrogen) atoms. The maximum Gasteiger partial charge on any atom is 0.337 e. The number of carbonyl (C=O) groups is 1. The largest absolute Gasteiger partial charge is 0.508 e. The number of hydrogen-bond donors (Lipinski definition) is 2. The zero-order valence-electron chi connectivity index (χ0n) is 7.53. The number of phenols is 1. The van der Waals surface area contributed by atoms with E-state index in [9.17, 15) is 9.90 Å². The summed E-state index contributed by atoms with van der Waals surface area (Å²) in [4.78, 5) is 10.9. The van der Waals surface area contributed by atoms with Crippen LogP contribution in [0.15, 0.2) is 30.6 Å². The molecule has 0 radical (unpaired) electrons. The number of carboxylic acid groups (broad SMARTS) is 1. The average molecular weight is 205 g/mol. The Morgan fingerprint density at radius 3 is 2.80 bits per heavy atom. The lowest BCUT2D eigenvalue weighted by molar-refractivity contribution is 0.0696. The maximum absolute atomic E-state index is 10.9. The number of benzene rings is 1. The van der Waals surface area contributed by atoms with Crippen molar-refractivity contribution in [2.75, 3.05) is 0 Å². The van der Waals surface area contributed by atoms with Gasteiger partial charge in [-0.2, -0.15) is 0 Å². The molecular formula is C9H7N3O3. The second-order valence-corrected chi connectivity index (χ2v) is 2.85. The quantitative estimate of drug-likeness (QED) is 0.752. The zero-order valence-corrected chi connectivity index (χ0v) is 7.53. The van der Waals surface area contributed by atoms with Gasteiger partial charge < -0.3 is 10.2 Å². The minimum Gasteiger partial charge on any atom is -0.508 e. The molecule has 1 heterocycles. The van der Waals surface area contributed by atoms with Crippen LogP contribution < -0.4 is 0 Å².